The highest BCUT2D eigenvalue weighted by Gasteiger charge is 2.12. The molecule has 3 rings (SSSR count). The normalized spacial score (nSPS) is 10.9. The molecule has 3 aromatic rings. The Labute approximate surface area is 142 Å². The van der Waals surface area contributed by atoms with Crippen molar-refractivity contribution in [3.05, 3.63) is 71.9 Å². The molecule has 0 fully saturated rings. The molecule has 0 saturated heterocycles. The number of aliphatic hydroxyl groups excluding tert-OH is 1. The maximum Gasteiger partial charge on any atom is 0.0972 e. The summed E-state index contributed by atoms with van der Waals surface area (Å²) in [5, 5.41) is 17.0. The Morgan fingerprint density at radius 1 is 1.04 bits per heavy atom. The quantitative estimate of drug-likeness (QED) is 0.657. The number of aryl methyl sites for hydroxylation is 1. The summed E-state index contributed by atoms with van der Waals surface area (Å²) in [6.07, 6.45) is 3.09. The molecule has 0 unspecified atom stereocenters. The fraction of sp³-hybridized carbons (Fsp3) is 0.250. The monoisotopic (exact) mass is 321 g/mol. The Bertz CT molecular complexity index is 763. The molecule has 1 aromatic heterocycles. The Kier molecular flexibility index (Phi) is 5.41. The van der Waals surface area contributed by atoms with Gasteiger partial charge in [-0.2, -0.15) is 5.10 Å². The summed E-state index contributed by atoms with van der Waals surface area (Å²) in [6, 6.07) is 18.7. The van der Waals surface area contributed by atoms with Gasteiger partial charge in [-0.05, 0) is 24.1 Å². The van der Waals surface area contributed by atoms with Crippen molar-refractivity contribution in [2.75, 3.05) is 13.2 Å². The van der Waals surface area contributed by atoms with Crippen LogP contribution in [0.3, 0.4) is 0 Å². The van der Waals surface area contributed by atoms with E-state index in [-0.39, 0.29) is 6.61 Å². The van der Waals surface area contributed by atoms with Gasteiger partial charge in [0.05, 0.1) is 18.0 Å². The number of nitrogens with one attached hydrogen (secondary N) is 1. The van der Waals surface area contributed by atoms with Gasteiger partial charge >= 0.3 is 0 Å². The Hall–Kier alpha value is -2.43. The zero-order valence-electron chi connectivity index (χ0n) is 13.9. The topological polar surface area (TPSA) is 50.1 Å². The summed E-state index contributed by atoms with van der Waals surface area (Å²) in [6.45, 7) is 3.54. The van der Waals surface area contributed by atoms with Gasteiger partial charge in [-0.1, -0.05) is 49.4 Å². The van der Waals surface area contributed by atoms with Crippen molar-refractivity contribution in [3.8, 4) is 16.9 Å². The number of rotatable bonds is 7. The van der Waals surface area contributed by atoms with Crippen molar-refractivity contribution >= 4 is 0 Å². The van der Waals surface area contributed by atoms with Crippen LogP contribution in [0.15, 0.2) is 60.8 Å². The zero-order valence-corrected chi connectivity index (χ0v) is 13.9. The summed E-state index contributed by atoms with van der Waals surface area (Å²) in [7, 11) is 0. The summed E-state index contributed by atoms with van der Waals surface area (Å²) in [5.74, 6) is 0. The zero-order chi connectivity index (χ0) is 16.8. The van der Waals surface area contributed by atoms with Crippen LogP contribution in [0.25, 0.3) is 16.9 Å². The molecule has 0 aliphatic carbocycles. The highest BCUT2D eigenvalue weighted by atomic mass is 16.3. The molecule has 4 nitrogen and oxygen atoms in total. The molecule has 0 spiro atoms. The first-order valence-corrected chi connectivity index (χ1v) is 8.36. The van der Waals surface area contributed by atoms with Crippen molar-refractivity contribution < 1.29 is 5.11 Å². The van der Waals surface area contributed by atoms with Gasteiger partial charge in [0.25, 0.3) is 0 Å². The predicted molar refractivity (Wildman–Crippen MR) is 97.2 cm³/mol. The molecule has 4 heteroatoms. The maximum absolute atomic E-state index is 8.99. The number of hydrogen-bond acceptors (Lipinski definition) is 3. The molecule has 0 atom stereocenters. The van der Waals surface area contributed by atoms with Gasteiger partial charge in [-0.15, -0.1) is 0 Å². The van der Waals surface area contributed by atoms with Crippen LogP contribution in [0, 0.1) is 0 Å². The van der Waals surface area contributed by atoms with E-state index in [0.29, 0.717) is 13.1 Å². The second-order valence-corrected chi connectivity index (χ2v) is 5.73. The van der Waals surface area contributed by atoms with E-state index < -0.39 is 0 Å². The number of para-hydroxylation sites is 1. The fourth-order valence-corrected chi connectivity index (χ4v) is 2.70. The Balaban J connectivity index is 1.96. The SMILES string of the molecule is CCc1ccc(-c2nn(-c3ccccc3)cc2CNCCO)cc1. The smallest absolute Gasteiger partial charge is 0.0972 e. The van der Waals surface area contributed by atoms with E-state index in [1.165, 1.54) is 5.56 Å². The second-order valence-electron chi connectivity index (χ2n) is 5.73. The minimum atomic E-state index is 0.132. The molecule has 2 aromatic carbocycles. The lowest BCUT2D eigenvalue weighted by Crippen LogP contribution is -2.17. The van der Waals surface area contributed by atoms with Gasteiger partial charge in [0.15, 0.2) is 0 Å². The van der Waals surface area contributed by atoms with Crippen molar-refractivity contribution in [3.63, 3.8) is 0 Å². The van der Waals surface area contributed by atoms with Crippen molar-refractivity contribution in [2.24, 2.45) is 0 Å². The van der Waals surface area contributed by atoms with Gasteiger partial charge < -0.3 is 10.4 Å². The van der Waals surface area contributed by atoms with Gasteiger partial charge in [-0.25, -0.2) is 4.68 Å². The van der Waals surface area contributed by atoms with E-state index in [1.807, 2.05) is 35.0 Å². The van der Waals surface area contributed by atoms with Crippen LogP contribution < -0.4 is 5.32 Å². The van der Waals surface area contributed by atoms with Crippen LogP contribution in [-0.4, -0.2) is 28.0 Å². The molecule has 1 heterocycles. The van der Waals surface area contributed by atoms with Gasteiger partial charge in [0.2, 0.25) is 0 Å². The van der Waals surface area contributed by atoms with Gasteiger partial charge in [0.1, 0.15) is 0 Å². The van der Waals surface area contributed by atoms with E-state index in [1.54, 1.807) is 0 Å². The van der Waals surface area contributed by atoms with Gasteiger partial charge in [-0.3, -0.25) is 0 Å². The average Bonchev–Trinajstić information content (AvgIpc) is 3.07. The highest BCUT2D eigenvalue weighted by Crippen LogP contribution is 2.24. The van der Waals surface area contributed by atoms with Crippen LogP contribution in [0.2, 0.25) is 0 Å². The molecule has 0 aliphatic rings. The van der Waals surface area contributed by atoms with Crippen molar-refractivity contribution in [1.29, 1.82) is 0 Å². The third kappa shape index (κ3) is 3.72. The number of aliphatic hydroxyl groups is 1. The van der Waals surface area contributed by atoms with Crippen molar-refractivity contribution in [2.45, 2.75) is 19.9 Å². The molecule has 0 amide bonds. The first-order chi connectivity index (χ1) is 11.8. The first-order valence-electron chi connectivity index (χ1n) is 8.36. The van der Waals surface area contributed by atoms with E-state index >= 15 is 0 Å². The predicted octanol–water partition coefficient (Wildman–Crippen LogP) is 3.18. The molecule has 0 aliphatic heterocycles. The molecular formula is C20H23N3O. The maximum atomic E-state index is 8.99. The second kappa shape index (κ2) is 7.90. The lowest BCUT2D eigenvalue weighted by atomic mass is 10.1. The minimum absolute atomic E-state index is 0.132. The number of nitrogens with zero attached hydrogens (tertiary/aromatic N) is 2. The number of benzene rings is 2. The molecular weight excluding hydrogens is 298 g/mol. The van der Waals surface area contributed by atoms with E-state index in [4.69, 9.17) is 10.2 Å². The van der Waals surface area contributed by atoms with E-state index in [0.717, 1.165) is 28.9 Å². The van der Waals surface area contributed by atoms with E-state index in [9.17, 15) is 0 Å². The Morgan fingerprint density at radius 2 is 1.79 bits per heavy atom. The van der Waals surface area contributed by atoms with Crippen LogP contribution in [0.5, 0.6) is 0 Å². The minimum Gasteiger partial charge on any atom is -0.395 e. The van der Waals surface area contributed by atoms with Crippen LogP contribution in [-0.2, 0) is 13.0 Å². The molecule has 2 N–H and O–H groups in total. The molecule has 0 radical (unpaired) electrons. The summed E-state index contributed by atoms with van der Waals surface area (Å²) < 4.78 is 1.92. The van der Waals surface area contributed by atoms with Crippen LogP contribution in [0.1, 0.15) is 18.1 Å². The molecule has 24 heavy (non-hydrogen) atoms. The first kappa shape index (κ1) is 16.4. The number of hydrogen-bond donors (Lipinski definition) is 2. The summed E-state index contributed by atoms with van der Waals surface area (Å²) in [4.78, 5) is 0. The van der Waals surface area contributed by atoms with Crippen LogP contribution >= 0.6 is 0 Å². The van der Waals surface area contributed by atoms with Crippen LogP contribution in [0.4, 0.5) is 0 Å². The summed E-state index contributed by atoms with van der Waals surface area (Å²) in [5.41, 5.74) is 5.57. The molecule has 0 bridgehead atoms. The van der Waals surface area contributed by atoms with Crippen molar-refractivity contribution in [1.82, 2.24) is 15.1 Å². The largest absolute Gasteiger partial charge is 0.395 e. The lowest BCUT2D eigenvalue weighted by molar-refractivity contribution is 0.292. The molecule has 124 valence electrons. The third-order valence-electron chi connectivity index (χ3n) is 4.05. The lowest BCUT2D eigenvalue weighted by Gasteiger charge is -2.04. The fourth-order valence-electron chi connectivity index (χ4n) is 2.70. The highest BCUT2D eigenvalue weighted by molar-refractivity contribution is 5.63. The van der Waals surface area contributed by atoms with Gasteiger partial charge in [0, 0.05) is 30.4 Å². The number of aromatic nitrogens is 2. The van der Waals surface area contributed by atoms with E-state index in [2.05, 4.69) is 42.7 Å². The standard InChI is InChI=1S/C20H23N3O/c1-2-16-8-10-17(11-9-16)20-18(14-21-12-13-24)15-23(22-20)19-6-4-3-5-7-19/h3-11,15,21,24H,2,12-14H2,1H3. The average molecular weight is 321 g/mol. The summed E-state index contributed by atoms with van der Waals surface area (Å²) >= 11 is 0. The molecule has 0 saturated carbocycles. The third-order valence-corrected chi connectivity index (χ3v) is 4.05. The Morgan fingerprint density at radius 3 is 2.46 bits per heavy atom.